The summed E-state index contributed by atoms with van der Waals surface area (Å²) in [5, 5.41) is 4.08. The van der Waals surface area contributed by atoms with Crippen molar-refractivity contribution in [1.29, 1.82) is 0 Å². The van der Waals surface area contributed by atoms with Crippen molar-refractivity contribution in [3.05, 3.63) is 71.9 Å². The van der Waals surface area contributed by atoms with E-state index in [0.29, 0.717) is 30.4 Å². The Hall–Kier alpha value is -3.02. The number of nitrogens with zero attached hydrogens (tertiary/aromatic N) is 3. The lowest BCUT2D eigenvalue weighted by atomic mass is 9.97. The summed E-state index contributed by atoms with van der Waals surface area (Å²) in [6.07, 6.45) is 1.98. The lowest BCUT2D eigenvalue weighted by Gasteiger charge is -2.31. The topological polar surface area (TPSA) is 59.2 Å². The molecule has 0 radical (unpaired) electrons. The van der Waals surface area contributed by atoms with E-state index in [1.54, 1.807) is 12.1 Å². The molecule has 0 N–H and O–H groups in total. The van der Waals surface area contributed by atoms with Crippen LogP contribution in [0.3, 0.4) is 0 Å². The second kappa shape index (κ2) is 7.70. The molecule has 1 fully saturated rings. The van der Waals surface area contributed by atoms with Crippen LogP contribution in [-0.2, 0) is 11.2 Å². The summed E-state index contributed by atoms with van der Waals surface area (Å²) in [6, 6.07) is 15.8. The molecule has 1 unspecified atom stereocenters. The summed E-state index contributed by atoms with van der Waals surface area (Å²) in [5.74, 6) is 0.829. The average Bonchev–Trinajstić information content (AvgIpc) is 3.19. The van der Waals surface area contributed by atoms with Gasteiger partial charge in [0, 0.05) is 18.7 Å². The molecule has 2 heterocycles. The lowest BCUT2D eigenvalue weighted by Crippen LogP contribution is -2.40. The van der Waals surface area contributed by atoms with Gasteiger partial charge in [0.25, 0.3) is 0 Å². The smallest absolute Gasteiger partial charge is 0.231 e. The normalized spacial score (nSPS) is 17.1. The fraction of sp³-hybridized carbons (Fsp3) is 0.286. The van der Waals surface area contributed by atoms with E-state index in [1.807, 2.05) is 35.2 Å². The summed E-state index contributed by atoms with van der Waals surface area (Å²) in [4.78, 5) is 19.0. The largest absolute Gasteiger partial charge is 0.342 e. The third-order valence-corrected chi connectivity index (χ3v) is 4.84. The number of hydrogen-bond acceptors (Lipinski definition) is 4. The Morgan fingerprint density at radius 3 is 2.85 bits per heavy atom. The molecule has 4 rings (SSSR count). The monoisotopic (exact) mass is 365 g/mol. The van der Waals surface area contributed by atoms with Gasteiger partial charge >= 0.3 is 0 Å². The van der Waals surface area contributed by atoms with Crippen LogP contribution in [-0.4, -0.2) is 34.0 Å². The number of hydrogen-bond donors (Lipinski definition) is 0. The third kappa shape index (κ3) is 4.05. The van der Waals surface area contributed by atoms with Crippen LogP contribution in [0, 0.1) is 5.82 Å². The highest BCUT2D eigenvalue weighted by Gasteiger charge is 2.28. The van der Waals surface area contributed by atoms with Crippen LogP contribution in [0.5, 0.6) is 0 Å². The zero-order valence-corrected chi connectivity index (χ0v) is 14.8. The summed E-state index contributed by atoms with van der Waals surface area (Å²) in [5.41, 5.74) is 1.59. The van der Waals surface area contributed by atoms with Crippen molar-refractivity contribution in [1.82, 2.24) is 15.0 Å². The molecule has 5 nitrogen and oxygen atoms in total. The predicted octanol–water partition coefficient (Wildman–Crippen LogP) is 3.82. The van der Waals surface area contributed by atoms with Gasteiger partial charge in [-0.1, -0.05) is 47.6 Å². The fourth-order valence-electron chi connectivity index (χ4n) is 3.44. The minimum absolute atomic E-state index is 0.00639. The van der Waals surface area contributed by atoms with Crippen LogP contribution in [0.15, 0.2) is 59.1 Å². The number of halogens is 1. The van der Waals surface area contributed by atoms with Crippen molar-refractivity contribution in [2.75, 3.05) is 13.1 Å². The molecule has 1 aromatic heterocycles. The number of rotatable bonds is 4. The van der Waals surface area contributed by atoms with Gasteiger partial charge in [-0.05, 0) is 30.5 Å². The quantitative estimate of drug-likeness (QED) is 0.705. The van der Waals surface area contributed by atoms with Crippen LogP contribution >= 0.6 is 0 Å². The second-order valence-electron chi connectivity index (χ2n) is 6.81. The molecule has 1 aliphatic heterocycles. The highest BCUT2D eigenvalue weighted by molar-refractivity contribution is 5.79. The van der Waals surface area contributed by atoms with Crippen LogP contribution in [0.1, 0.15) is 30.2 Å². The Morgan fingerprint density at radius 1 is 1.19 bits per heavy atom. The van der Waals surface area contributed by atoms with Crippen LogP contribution in [0.2, 0.25) is 0 Å². The van der Waals surface area contributed by atoms with E-state index in [1.165, 1.54) is 12.1 Å². The number of carbonyl (C=O) groups is 1. The molecule has 1 atom stereocenters. The Balaban J connectivity index is 1.44. The number of piperidine rings is 1. The standard InChI is InChI=1S/C21H20FN3O2/c22-18-10-4-6-15(12-18)13-19(26)25-11-5-9-17(14-25)21-23-20(24-27-21)16-7-2-1-3-8-16/h1-4,6-8,10,12,17H,5,9,11,13-14H2. The molecule has 138 valence electrons. The molecule has 1 aliphatic rings. The van der Waals surface area contributed by atoms with E-state index in [9.17, 15) is 9.18 Å². The number of likely N-dealkylation sites (tertiary alicyclic amines) is 1. The molecule has 0 spiro atoms. The van der Waals surface area contributed by atoms with Gasteiger partial charge < -0.3 is 9.42 Å². The van der Waals surface area contributed by atoms with E-state index >= 15 is 0 Å². The molecule has 27 heavy (non-hydrogen) atoms. The number of benzene rings is 2. The van der Waals surface area contributed by atoms with Gasteiger partial charge in [-0.15, -0.1) is 0 Å². The van der Waals surface area contributed by atoms with Gasteiger partial charge in [0.15, 0.2) is 0 Å². The van der Waals surface area contributed by atoms with Crippen molar-refractivity contribution in [2.45, 2.75) is 25.2 Å². The fourth-order valence-corrected chi connectivity index (χ4v) is 3.44. The molecular weight excluding hydrogens is 345 g/mol. The third-order valence-electron chi connectivity index (χ3n) is 4.84. The highest BCUT2D eigenvalue weighted by Crippen LogP contribution is 2.28. The van der Waals surface area contributed by atoms with E-state index in [2.05, 4.69) is 10.1 Å². The molecular formula is C21H20FN3O2. The van der Waals surface area contributed by atoms with Crippen LogP contribution in [0.4, 0.5) is 4.39 Å². The van der Waals surface area contributed by atoms with Crippen LogP contribution < -0.4 is 0 Å². The van der Waals surface area contributed by atoms with Crippen LogP contribution in [0.25, 0.3) is 11.4 Å². The Labute approximate surface area is 156 Å². The zero-order chi connectivity index (χ0) is 18.6. The Kier molecular flexibility index (Phi) is 4.96. The molecule has 0 aliphatic carbocycles. The Morgan fingerprint density at radius 2 is 2.04 bits per heavy atom. The molecule has 6 heteroatoms. The second-order valence-corrected chi connectivity index (χ2v) is 6.81. The maximum atomic E-state index is 13.3. The first-order valence-corrected chi connectivity index (χ1v) is 9.10. The Bertz CT molecular complexity index is 926. The van der Waals surface area contributed by atoms with E-state index < -0.39 is 0 Å². The first-order valence-electron chi connectivity index (χ1n) is 9.10. The molecule has 0 bridgehead atoms. The maximum absolute atomic E-state index is 13.3. The van der Waals surface area contributed by atoms with Crippen molar-refractivity contribution >= 4 is 5.91 Å². The van der Waals surface area contributed by atoms with Crippen molar-refractivity contribution in [2.24, 2.45) is 0 Å². The van der Waals surface area contributed by atoms with Crippen molar-refractivity contribution in [3.8, 4) is 11.4 Å². The summed E-state index contributed by atoms with van der Waals surface area (Å²) >= 11 is 0. The van der Waals surface area contributed by atoms with Crippen molar-refractivity contribution in [3.63, 3.8) is 0 Å². The number of amides is 1. The van der Waals surface area contributed by atoms with Gasteiger partial charge in [-0.25, -0.2) is 4.39 Å². The molecule has 1 saturated heterocycles. The minimum atomic E-state index is -0.323. The first kappa shape index (κ1) is 17.4. The lowest BCUT2D eigenvalue weighted by molar-refractivity contribution is -0.131. The first-order chi connectivity index (χ1) is 13.2. The SMILES string of the molecule is O=C(Cc1cccc(F)c1)N1CCCC(c2nc(-c3ccccc3)no2)C1. The number of carbonyl (C=O) groups excluding carboxylic acids is 1. The summed E-state index contributed by atoms with van der Waals surface area (Å²) < 4.78 is 18.8. The molecule has 2 aromatic carbocycles. The minimum Gasteiger partial charge on any atom is -0.342 e. The highest BCUT2D eigenvalue weighted by atomic mass is 19.1. The summed E-state index contributed by atoms with van der Waals surface area (Å²) in [7, 11) is 0. The van der Waals surface area contributed by atoms with Crippen molar-refractivity contribution < 1.29 is 13.7 Å². The van der Waals surface area contributed by atoms with E-state index in [-0.39, 0.29) is 24.1 Å². The van der Waals surface area contributed by atoms with Gasteiger partial charge in [-0.3, -0.25) is 4.79 Å². The maximum Gasteiger partial charge on any atom is 0.231 e. The predicted molar refractivity (Wildman–Crippen MR) is 98.4 cm³/mol. The van der Waals surface area contributed by atoms with Gasteiger partial charge in [0.05, 0.1) is 12.3 Å². The molecule has 3 aromatic rings. The number of aromatic nitrogens is 2. The van der Waals surface area contributed by atoms with Gasteiger partial charge in [-0.2, -0.15) is 4.98 Å². The molecule has 0 saturated carbocycles. The van der Waals surface area contributed by atoms with Gasteiger partial charge in [0.2, 0.25) is 17.6 Å². The average molecular weight is 365 g/mol. The van der Waals surface area contributed by atoms with E-state index in [4.69, 9.17) is 4.52 Å². The zero-order valence-electron chi connectivity index (χ0n) is 14.8. The summed E-state index contributed by atoms with van der Waals surface area (Å²) in [6.45, 7) is 1.24. The molecule has 1 amide bonds. The van der Waals surface area contributed by atoms with Gasteiger partial charge in [0.1, 0.15) is 5.82 Å². The van der Waals surface area contributed by atoms with E-state index in [0.717, 1.165) is 18.4 Å².